The molecule has 0 N–H and O–H groups in total. The summed E-state index contributed by atoms with van der Waals surface area (Å²) in [6.07, 6.45) is 9.62. The Morgan fingerprint density at radius 2 is 1.80 bits per heavy atom. The quantitative estimate of drug-likeness (QED) is 0.648. The smallest absolute Gasteiger partial charge is 0.169 e. The molecule has 0 bridgehead atoms. The first-order valence-electron chi connectivity index (χ1n) is 8.74. The Bertz CT molecular complexity index is 840. The highest BCUT2D eigenvalue weighted by atomic mass is 79.9. The Labute approximate surface area is 155 Å². The molecule has 0 saturated carbocycles. The van der Waals surface area contributed by atoms with Gasteiger partial charge in [-0.15, -0.1) is 0 Å². The summed E-state index contributed by atoms with van der Waals surface area (Å²) < 4.78 is 8.57. The lowest BCUT2D eigenvalue weighted by molar-refractivity contribution is 0.183. The zero-order valence-electron chi connectivity index (χ0n) is 14.1. The highest BCUT2D eigenvalue weighted by molar-refractivity contribution is 9.10. The molecule has 130 valence electrons. The van der Waals surface area contributed by atoms with Crippen LogP contribution in [-0.4, -0.2) is 45.7 Å². The van der Waals surface area contributed by atoms with E-state index in [1.165, 1.54) is 32.4 Å². The summed E-state index contributed by atoms with van der Waals surface area (Å²) in [4.78, 5) is 6.94. The van der Waals surface area contributed by atoms with E-state index in [4.69, 9.17) is 4.74 Å². The molecule has 0 unspecified atom stereocenters. The van der Waals surface area contributed by atoms with E-state index < -0.39 is 0 Å². The highest BCUT2D eigenvalue weighted by Crippen LogP contribution is 2.23. The second kappa shape index (κ2) is 7.54. The molecule has 4 rings (SSSR count). The summed E-state index contributed by atoms with van der Waals surface area (Å²) in [6.45, 7) is 4.17. The maximum atomic E-state index is 5.89. The van der Waals surface area contributed by atoms with Crippen LogP contribution < -0.4 is 4.74 Å². The van der Waals surface area contributed by atoms with Crippen LogP contribution in [0.25, 0.3) is 16.8 Å². The molecule has 1 aliphatic heterocycles. The van der Waals surface area contributed by atoms with Crippen molar-refractivity contribution in [3.63, 3.8) is 0 Å². The Balaban J connectivity index is 1.38. The van der Waals surface area contributed by atoms with Crippen LogP contribution >= 0.6 is 15.9 Å². The predicted octanol–water partition coefficient (Wildman–Crippen LogP) is 4.02. The molecule has 25 heavy (non-hydrogen) atoms. The zero-order valence-corrected chi connectivity index (χ0v) is 15.7. The van der Waals surface area contributed by atoms with Crippen molar-refractivity contribution in [1.82, 2.24) is 19.5 Å². The molecular formula is C19H21BrN4O. The van der Waals surface area contributed by atoms with Crippen LogP contribution in [0.2, 0.25) is 0 Å². The van der Waals surface area contributed by atoms with E-state index >= 15 is 0 Å². The first kappa shape index (κ1) is 16.5. The molecule has 1 fully saturated rings. The average Bonchev–Trinajstić information content (AvgIpc) is 3.04. The Hall–Kier alpha value is -1.92. The fourth-order valence-electron chi connectivity index (χ4n) is 3.21. The van der Waals surface area contributed by atoms with Crippen molar-refractivity contribution < 1.29 is 4.74 Å². The summed E-state index contributed by atoms with van der Waals surface area (Å²) in [5.74, 6) is 0.914. The van der Waals surface area contributed by atoms with Gasteiger partial charge in [-0.05, 0) is 59.6 Å². The molecule has 1 saturated heterocycles. The Morgan fingerprint density at radius 3 is 2.60 bits per heavy atom. The lowest BCUT2D eigenvalue weighted by atomic mass is 10.1. The predicted molar refractivity (Wildman–Crippen MR) is 102 cm³/mol. The van der Waals surface area contributed by atoms with E-state index in [0.717, 1.165) is 40.1 Å². The van der Waals surface area contributed by atoms with E-state index in [-0.39, 0.29) is 0 Å². The van der Waals surface area contributed by atoms with Crippen molar-refractivity contribution in [2.45, 2.75) is 19.3 Å². The first-order valence-corrected chi connectivity index (χ1v) is 9.53. The van der Waals surface area contributed by atoms with Gasteiger partial charge in [0.25, 0.3) is 0 Å². The maximum absolute atomic E-state index is 5.89. The van der Waals surface area contributed by atoms with E-state index in [9.17, 15) is 0 Å². The Kier molecular flexibility index (Phi) is 4.99. The molecule has 1 aromatic carbocycles. The minimum atomic E-state index is 0.744. The molecular weight excluding hydrogens is 380 g/mol. The molecule has 5 nitrogen and oxygen atoms in total. The molecule has 3 heterocycles. The number of ether oxygens (including phenoxy) is 1. The van der Waals surface area contributed by atoms with Crippen LogP contribution in [0.3, 0.4) is 0 Å². The molecule has 0 radical (unpaired) electrons. The number of rotatable bonds is 5. The number of fused-ring (bicyclic) bond motifs is 1. The molecule has 1 aliphatic rings. The van der Waals surface area contributed by atoms with Crippen molar-refractivity contribution in [2.24, 2.45) is 0 Å². The minimum absolute atomic E-state index is 0.744. The molecule has 0 atom stereocenters. The third kappa shape index (κ3) is 3.85. The van der Waals surface area contributed by atoms with Gasteiger partial charge in [0, 0.05) is 24.5 Å². The van der Waals surface area contributed by atoms with Crippen LogP contribution in [0.4, 0.5) is 0 Å². The van der Waals surface area contributed by atoms with Crippen LogP contribution in [0.1, 0.15) is 19.3 Å². The monoisotopic (exact) mass is 400 g/mol. The number of nitrogens with zero attached hydrogens (tertiary/aromatic N) is 4. The first-order chi connectivity index (χ1) is 12.3. The lowest BCUT2D eigenvalue weighted by Crippen LogP contribution is -2.33. The second-order valence-electron chi connectivity index (χ2n) is 6.38. The van der Waals surface area contributed by atoms with Crippen LogP contribution in [0, 0.1) is 0 Å². The van der Waals surface area contributed by atoms with Crippen molar-refractivity contribution in [2.75, 3.05) is 26.2 Å². The van der Waals surface area contributed by atoms with Crippen molar-refractivity contribution >= 4 is 21.6 Å². The van der Waals surface area contributed by atoms with Gasteiger partial charge >= 0.3 is 0 Å². The molecule has 2 aromatic heterocycles. The number of benzene rings is 1. The minimum Gasteiger partial charge on any atom is -0.492 e. The summed E-state index contributed by atoms with van der Waals surface area (Å²) in [6, 6.07) is 8.18. The average molecular weight is 401 g/mol. The number of piperidine rings is 1. The van der Waals surface area contributed by atoms with Crippen molar-refractivity contribution in [3.05, 3.63) is 47.3 Å². The summed E-state index contributed by atoms with van der Waals surface area (Å²) in [5.41, 5.74) is 2.95. The van der Waals surface area contributed by atoms with E-state index in [0.29, 0.717) is 0 Å². The number of hydrogen-bond donors (Lipinski definition) is 0. The zero-order chi connectivity index (χ0) is 17.1. The number of halogens is 1. The van der Waals surface area contributed by atoms with Gasteiger partial charge in [0.05, 0.1) is 10.7 Å². The number of hydrogen-bond acceptors (Lipinski definition) is 4. The third-order valence-corrected chi connectivity index (χ3v) is 5.19. The van der Waals surface area contributed by atoms with Gasteiger partial charge in [-0.25, -0.2) is 9.50 Å². The van der Waals surface area contributed by atoms with E-state index in [1.54, 1.807) is 10.7 Å². The van der Waals surface area contributed by atoms with Gasteiger partial charge in [-0.3, -0.25) is 4.90 Å². The van der Waals surface area contributed by atoms with Gasteiger partial charge in [0.2, 0.25) is 0 Å². The second-order valence-corrected chi connectivity index (χ2v) is 7.23. The van der Waals surface area contributed by atoms with Gasteiger partial charge in [0.1, 0.15) is 12.4 Å². The van der Waals surface area contributed by atoms with Gasteiger partial charge in [0.15, 0.2) is 5.65 Å². The molecule has 0 amide bonds. The van der Waals surface area contributed by atoms with E-state index in [2.05, 4.69) is 43.0 Å². The third-order valence-electron chi connectivity index (χ3n) is 4.63. The maximum Gasteiger partial charge on any atom is 0.169 e. The molecule has 0 aliphatic carbocycles. The van der Waals surface area contributed by atoms with Gasteiger partial charge in [-0.2, -0.15) is 5.10 Å². The summed E-state index contributed by atoms with van der Waals surface area (Å²) >= 11 is 3.44. The van der Waals surface area contributed by atoms with Gasteiger partial charge in [-0.1, -0.05) is 18.6 Å². The summed E-state index contributed by atoms with van der Waals surface area (Å²) in [5, 5.41) is 4.28. The SMILES string of the molecule is Brc1cnn2cc(-c3ccc(OCCN4CCCCC4)cc3)cnc12. The Morgan fingerprint density at radius 1 is 1.00 bits per heavy atom. The lowest BCUT2D eigenvalue weighted by Gasteiger charge is -2.26. The van der Waals surface area contributed by atoms with Crippen molar-refractivity contribution in [1.29, 1.82) is 0 Å². The number of likely N-dealkylation sites (tertiary alicyclic amines) is 1. The van der Waals surface area contributed by atoms with Gasteiger partial charge < -0.3 is 4.74 Å². The number of aromatic nitrogens is 3. The normalized spacial score (nSPS) is 15.6. The standard InChI is InChI=1S/C19H21BrN4O/c20-18-13-22-24-14-16(12-21-19(18)24)15-4-6-17(7-5-15)25-11-10-23-8-2-1-3-9-23/h4-7,12-14H,1-3,8-11H2. The van der Waals surface area contributed by atoms with Crippen LogP contribution in [-0.2, 0) is 0 Å². The van der Waals surface area contributed by atoms with Crippen molar-refractivity contribution in [3.8, 4) is 16.9 Å². The molecule has 0 spiro atoms. The largest absolute Gasteiger partial charge is 0.492 e. The fourth-order valence-corrected chi connectivity index (χ4v) is 3.59. The molecule has 3 aromatic rings. The molecule has 6 heteroatoms. The van der Waals surface area contributed by atoms with E-state index in [1.807, 2.05) is 24.5 Å². The van der Waals surface area contributed by atoms with Crippen LogP contribution in [0.15, 0.2) is 47.3 Å². The topological polar surface area (TPSA) is 42.7 Å². The van der Waals surface area contributed by atoms with Crippen LogP contribution in [0.5, 0.6) is 5.75 Å². The fraction of sp³-hybridized carbons (Fsp3) is 0.368. The highest BCUT2D eigenvalue weighted by Gasteiger charge is 2.09. The summed E-state index contributed by atoms with van der Waals surface area (Å²) in [7, 11) is 0.